The highest BCUT2D eigenvalue weighted by Gasteiger charge is 2.13. The van der Waals surface area contributed by atoms with Crippen molar-refractivity contribution >= 4 is 21.6 Å². The predicted octanol–water partition coefficient (Wildman–Crippen LogP) is 1.33. The molecule has 0 spiro atoms. The van der Waals surface area contributed by atoms with Crippen molar-refractivity contribution in [3.8, 4) is 0 Å². The minimum absolute atomic E-state index is 0.0778. The Bertz CT molecular complexity index is 251. The summed E-state index contributed by atoms with van der Waals surface area (Å²) in [5.74, 6) is 0.658. The smallest absolute Gasteiger partial charge is 0.211 e. The molecule has 0 fully saturated rings. The first-order valence-electron chi connectivity index (χ1n) is 5.70. The molecular formula is C10H22ClNO3S. The topological polar surface area (TPSA) is 66.4 Å². The molecule has 0 radical (unpaired) electrons. The van der Waals surface area contributed by atoms with Gasteiger partial charge < -0.3 is 5.11 Å². The van der Waals surface area contributed by atoms with Crippen molar-refractivity contribution in [3.63, 3.8) is 0 Å². The number of aliphatic hydroxyl groups is 1. The highest BCUT2D eigenvalue weighted by atomic mass is 35.5. The molecule has 1 atom stereocenters. The van der Waals surface area contributed by atoms with E-state index < -0.39 is 10.0 Å². The number of halogens is 1. The first-order valence-corrected chi connectivity index (χ1v) is 7.88. The fourth-order valence-electron chi connectivity index (χ4n) is 1.50. The first-order chi connectivity index (χ1) is 7.55. The third kappa shape index (κ3) is 8.33. The lowest BCUT2D eigenvalue weighted by molar-refractivity contribution is 0.251. The van der Waals surface area contributed by atoms with Crippen molar-refractivity contribution in [2.75, 3.05) is 24.8 Å². The highest BCUT2D eigenvalue weighted by molar-refractivity contribution is 7.89. The van der Waals surface area contributed by atoms with Crippen LogP contribution in [0.3, 0.4) is 0 Å². The fraction of sp³-hybridized carbons (Fsp3) is 1.00. The van der Waals surface area contributed by atoms with Crippen molar-refractivity contribution in [1.82, 2.24) is 4.72 Å². The summed E-state index contributed by atoms with van der Waals surface area (Å²) < 4.78 is 25.5. The number of hydrogen-bond acceptors (Lipinski definition) is 3. The maximum atomic E-state index is 11.5. The Balaban J connectivity index is 3.97. The maximum absolute atomic E-state index is 11.5. The summed E-state index contributed by atoms with van der Waals surface area (Å²) in [4.78, 5) is 0. The van der Waals surface area contributed by atoms with Gasteiger partial charge in [-0.25, -0.2) is 13.1 Å². The summed E-state index contributed by atoms with van der Waals surface area (Å²) in [5, 5.41) is 8.84. The van der Waals surface area contributed by atoms with Crippen LogP contribution in [-0.4, -0.2) is 38.3 Å². The van der Waals surface area contributed by atoms with E-state index in [1.807, 2.05) is 6.92 Å². The van der Waals surface area contributed by atoms with Crippen molar-refractivity contribution in [2.45, 2.75) is 32.6 Å². The Morgan fingerprint density at radius 3 is 2.56 bits per heavy atom. The number of aliphatic hydroxyl groups excluding tert-OH is 1. The van der Waals surface area contributed by atoms with Gasteiger partial charge in [0.2, 0.25) is 10.0 Å². The van der Waals surface area contributed by atoms with Gasteiger partial charge in [0, 0.05) is 19.0 Å². The molecule has 0 aliphatic rings. The second-order valence-electron chi connectivity index (χ2n) is 3.88. The van der Waals surface area contributed by atoms with Crippen LogP contribution in [0.2, 0.25) is 0 Å². The summed E-state index contributed by atoms with van der Waals surface area (Å²) >= 11 is 5.44. The SMILES string of the molecule is CCCC(CCO)CNS(=O)(=O)CCCCl. The number of sulfonamides is 1. The van der Waals surface area contributed by atoms with E-state index in [1.165, 1.54) is 0 Å². The van der Waals surface area contributed by atoms with Crippen LogP contribution in [0.25, 0.3) is 0 Å². The van der Waals surface area contributed by atoms with Gasteiger partial charge in [-0.3, -0.25) is 0 Å². The van der Waals surface area contributed by atoms with Crippen LogP contribution in [0.15, 0.2) is 0 Å². The molecule has 16 heavy (non-hydrogen) atoms. The zero-order valence-corrected chi connectivity index (χ0v) is 11.4. The van der Waals surface area contributed by atoms with Gasteiger partial charge >= 0.3 is 0 Å². The van der Waals surface area contributed by atoms with Crippen LogP contribution < -0.4 is 4.72 Å². The minimum atomic E-state index is -3.19. The van der Waals surface area contributed by atoms with Gasteiger partial charge in [0.15, 0.2) is 0 Å². The Kier molecular flexibility index (Phi) is 9.31. The Morgan fingerprint density at radius 1 is 1.38 bits per heavy atom. The molecule has 1 unspecified atom stereocenters. The van der Waals surface area contributed by atoms with Gasteiger partial charge in [0.05, 0.1) is 5.75 Å². The molecule has 0 bridgehead atoms. The lowest BCUT2D eigenvalue weighted by Crippen LogP contribution is -2.31. The molecule has 0 aliphatic carbocycles. The average molecular weight is 272 g/mol. The van der Waals surface area contributed by atoms with E-state index >= 15 is 0 Å². The van der Waals surface area contributed by atoms with Crippen molar-refractivity contribution in [2.24, 2.45) is 5.92 Å². The van der Waals surface area contributed by atoms with Crippen molar-refractivity contribution in [1.29, 1.82) is 0 Å². The summed E-state index contributed by atoms with van der Waals surface area (Å²) in [7, 11) is -3.19. The normalized spacial score (nSPS) is 13.9. The third-order valence-corrected chi connectivity index (χ3v) is 4.07. The van der Waals surface area contributed by atoms with E-state index in [1.54, 1.807) is 0 Å². The van der Waals surface area contributed by atoms with Gasteiger partial charge in [-0.15, -0.1) is 11.6 Å². The van der Waals surface area contributed by atoms with Gasteiger partial charge in [0.25, 0.3) is 0 Å². The molecule has 0 amide bonds. The molecule has 0 aromatic rings. The zero-order valence-electron chi connectivity index (χ0n) is 9.78. The molecule has 0 aromatic heterocycles. The van der Waals surface area contributed by atoms with Crippen molar-refractivity contribution < 1.29 is 13.5 Å². The molecule has 0 rings (SSSR count). The third-order valence-electron chi connectivity index (χ3n) is 2.37. The molecule has 0 aliphatic heterocycles. The standard InChI is InChI=1S/C10H22ClNO3S/c1-2-4-10(5-7-13)9-12-16(14,15)8-3-6-11/h10,12-13H,2-9H2,1H3. The van der Waals surface area contributed by atoms with Crippen LogP contribution in [0.5, 0.6) is 0 Å². The largest absolute Gasteiger partial charge is 0.396 e. The number of alkyl halides is 1. The lowest BCUT2D eigenvalue weighted by atomic mass is 10.0. The van der Waals surface area contributed by atoms with Crippen LogP contribution in [0.4, 0.5) is 0 Å². The molecule has 6 heteroatoms. The second-order valence-corrected chi connectivity index (χ2v) is 6.18. The molecular weight excluding hydrogens is 250 g/mol. The van der Waals surface area contributed by atoms with E-state index in [0.29, 0.717) is 25.3 Å². The summed E-state index contributed by atoms with van der Waals surface area (Å²) in [6.07, 6.45) is 3.04. The number of nitrogens with one attached hydrogen (secondary N) is 1. The number of rotatable bonds is 10. The van der Waals surface area contributed by atoms with E-state index in [4.69, 9.17) is 16.7 Å². The summed E-state index contributed by atoms with van der Waals surface area (Å²) in [6, 6.07) is 0. The highest BCUT2D eigenvalue weighted by Crippen LogP contribution is 2.09. The predicted molar refractivity (Wildman–Crippen MR) is 67.2 cm³/mol. The monoisotopic (exact) mass is 271 g/mol. The van der Waals surface area contributed by atoms with E-state index in [0.717, 1.165) is 12.8 Å². The molecule has 2 N–H and O–H groups in total. The molecule has 0 saturated heterocycles. The van der Waals surface area contributed by atoms with Crippen LogP contribution in [-0.2, 0) is 10.0 Å². The quantitative estimate of drug-likeness (QED) is 0.589. The summed E-state index contributed by atoms with van der Waals surface area (Å²) in [6.45, 7) is 2.57. The van der Waals surface area contributed by atoms with Gasteiger partial charge in [-0.05, 0) is 25.2 Å². The molecule has 0 aromatic carbocycles. The van der Waals surface area contributed by atoms with E-state index in [-0.39, 0.29) is 18.3 Å². The Labute approximate surface area is 103 Å². The second kappa shape index (κ2) is 9.22. The molecule has 0 heterocycles. The average Bonchev–Trinajstić information content (AvgIpc) is 2.24. The number of hydrogen-bond donors (Lipinski definition) is 2. The minimum Gasteiger partial charge on any atom is -0.396 e. The van der Waals surface area contributed by atoms with Gasteiger partial charge in [-0.2, -0.15) is 0 Å². The zero-order chi connectivity index (χ0) is 12.4. The summed E-state index contributed by atoms with van der Waals surface area (Å²) in [5.41, 5.74) is 0. The van der Waals surface area contributed by atoms with Crippen LogP contribution >= 0.6 is 11.6 Å². The first kappa shape index (κ1) is 16.2. The Hall–Kier alpha value is 0.160. The van der Waals surface area contributed by atoms with E-state index in [9.17, 15) is 8.42 Å². The molecule has 4 nitrogen and oxygen atoms in total. The fourth-order valence-corrected chi connectivity index (χ4v) is 2.95. The lowest BCUT2D eigenvalue weighted by Gasteiger charge is -2.15. The maximum Gasteiger partial charge on any atom is 0.211 e. The van der Waals surface area contributed by atoms with Gasteiger partial charge in [0.1, 0.15) is 0 Å². The van der Waals surface area contributed by atoms with Crippen LogP contribution in [0, 0.1) is 5.92 Å². The van der Waals surface area contributed by atoms with Crippen LogP contribution in [0.1, 0.15) is 32.6 Å². The van der Waals surface area contributed by atoms with E-state index in [2.05, 4.69) is 4.72 Å². The van der Waals surface area contributed by atoms with Gasteiger partial charge in [-0.1, -0.05) is 13.3 Å². The molecule has 0 saturated carbocycles. The Morgan fingerprint density at radius 2 is 2.06 bits per heavy atom. The molecule has 98 valence electrons. The van der Waals surface area contributed by atoms with Crippen molar-refractivity contribution in [3.05, 3.63) is 0 Å².